The van der Waals surface area contributed by atoms with Gasteiger partial charge in [-0.05, 0) is 25.3 Å². The number of nitrogens with zero attached hydrogens (tertiary/aromatic N) is 1. The van der Waals surface area contributed by atoms with E-state index in [2.05, 4.69) is 13.8 Å². The molecule has 1 atom stereocenters. The Morgan fingerprint density at radius 3 is 2.19 bits per heavy atom. The fourth-order valence-electron chi connectivity index (χ4n) is 1.78. The molecule has 0 heterocycles. The fourth-order valence-corrected chi connectivity index (χ4v) is 1.78. The first kappa shape index (κ1) is 15.4. The van der Waals surface area contributed by atoms with E-state index in [4.69, 9.17) is 5.73 Å². The molecular formula is C13H28N2O. The van der Waals surface area contributed by atoms with Crippen LogP contribution in [-0.2, 0) is 4.79 Å². The summed E-state index contributed by atoms with van der Waals surface area (Å²) in [6.45, 7) is 10.8. The molecule has 0 saturated carbocycles. The predicted molar refractivity (Wildman–Crippen MR) is 69.2 cm³/mol. The molecule has 0 aromatic carbocycles. The van der Waals surface area contributed by atoms with E-state index in [0.29, 0.717) is 24.8 Å². The van der Waals surface area contributed by atoms with Gasteiger partial charge < -0.3 is 10.6 Å². The molecule has 0 aliphatic heterocycles. The van der Waals surface area contributed by atoms with E-state index in [0.717, 1.165) is 25.9 Å². The topological polar surface area (TPSA) is 46.3 Å². The Hall–Kier alpha value is -0.570. The van der Waals surface area contributed by atoms with Gasteiger partial charge in [-0.25, -0.2) is 0 Å². The van der Waals surface area contributed by atoms with Crippen LogP contribution >= 0.6 is 0 Å². The smallest absolute Gasteiger partial charge is 0.222 e. The van der Waals surface area contributed by atoms with Crippen LogP contribution in [0.25, 0.3) is 0 Å². The van der Waals surface area contributed by atoms with E-state index in [1.807, 2.05) is 18.7 Å². The average Bonchev–Trinajstić information content (AvgIpc) is 2.30. The minimum absolute atomic E-state index is 0.257. The molecule has 0 spiro atoms. The molecule has 3 nitrogen and oxygen atoms in total. The summed E-state index contributed by atoms with van der Waals surface area (Å²) >= 11 is 0. The Morgan fingerprint density at radius 1 is 1.25 bits per heavy atom. The van der Waals surface area contributed by atoms with Gasteiger partial charge in [0.05, 0.1) is 0 Å². The van der Waals surface area contributed by atoms with Gasteiger partial charge in [0.2, 0.25) is 5.91 Å². The van der Waals surface area contributed by atoms with Gasteiger partial charge in [0.15, 0.2) is 0 Å². The van der Waals surface area contributed by atoms with Gasteiger partial charge in [-0.2, -0.15) is 0 Å². The standard InChI is InChI=1S/C13H28N2O/c1-5-12(6-2)10-15(7-3)13(16)8-11(4)9-14/h11-12H,5-10,14H2,1-4H3. The fraction of sp³-hybridized carbons (Fsp3) is 0.923. The maximum atomic E-state index is 12.0. The van der Waals surface area contributed by atoms with Crippen LogP contribution in [0.3, 0.4) is 0 Å². The van der Waals surface area contributed by atoms with Gasteiger partial charge in [0.1, 0.15) is 0 Å². The summed E-state index contributed by atoms with van der Waals surface area (Å²) in [5.41, 5.74) is 5.54. The molecule has 0 aromatic heterocycles. The Balaban J connectivity index is 4.20. The van der Waals surface area contributed by atoms with Crippen LogP contribution in [0.4, 0.5) is 0 Å². The van der Waals surface area contributed by atoms with E-state index in [9.17, 15) is 4.79 Å². The third kappa shape index (κ3) is 5.50. The van der Waals surface area contributed by atoms with Crippen LogP contribution in [0, 0.1) is 11.8 Å². The van der Waals surface area contributed by atoms with E-state index in [1.54, 1.807) is 0 Å². The zero-order valence-corrected chi connectivity index (χ0v) is 11.3. The highest BCUT2D eigenvalue weighted by molar-refractivity contribution is 5.76. The quantitative estimate of drug-likeness (QED) is 0.692. The van der Waals surface area contributed by atoms with Crippen LogP contribution in [0.1, 0.15) is 47.0 Å². The maximum absolute atomic E-state index is 12.0. The number of carbonyl (C=O) groups is 1. The molecule has 0 fully saturated rings. The second-order valence-electron chi connectivity index (χ2n) is 4.66. The first-order valence-corrected chi connectivity index (χ1v) is 6.56. The maximum Gasteiger partial charge on any atom is 0.222 e. The summed E-state index contributed by atoms with van der Waals surface area (Å²) < 4.78 is 0. The van der Waals surface area contributed by atoms with E-state index >= 15 is 0 Å². The molecule has 1 amide bonds. The summed E-state index contributed by atoms with van der Waals surface area (Å²) in [5, 5.41) is 0. The largest absolute Gasteiger partial charge is 0.343 e. The van der Waals surface area contributed by atoms with Gasteiger partial charge >= 0.3 is 0 Å². The Kier molecular flexibility index (Phi) is 8.26. The molecule has 0 aromatic rings. The van der Waals surface area contributed by atoms with Gasteiger partial charge in [-0.1, -0.05) is 33.6 Å². The lowest BCUT2D eigenvalue weighted by molar-refractivity contribution is -0.132. The minimum atomic E-state index is 0.257. The lowest BCUT2D eigenvalue weighted by Gasteiger charge is -2.26. The summed E-state index contributed by atoms with van der Waals surface area (Å²) in [7, 11) is 0. The molecule has 0 aliphatic carbocycles. The number of nitrogens with two attached hydrogens (primary N) is 1. The summed E-state index contributed by atoms with van der Waals surface area (Å²) in [5.74, 6) is 1.19. The Morgan fingerprint density at radius 2 is 1.81 bits per heavy atom. The molecule has 0 bridgehead atoms. The first-order valence-electron chi connectivity index (χ1n) is 6.56. The van der Waals surface area contributed by atoms with Crippen molar-refractivity contribution < 1.29 is 4.79 Å². The summed E-state index contributed by atoms with van der Waals surface area (Å²) in [4.78, 5) is 14.0. The highest BCUT2D eigenvalue weighted by Crippen LogP contribution is 2.12. The summed E-state index contributed by atoms with van der Waals surface area (Å²) in [6, 6.07) is 0. The van der Waals surface area contributed by atoms with Crippen molar-refractivity contribution in [3.8, 4) is 0 Å². The predicted octanol–water partition coefficient (Wildman–Crippen LogP) is 2.26. The van der Waals surface area contributed by atoms with E-state index in [1.165, 1.54) is 0 Å². The van der Waals surface area contributed by atoms with Gasteiger partial charge in [-0.3, -0.25) is 4.79 Å². The molecular weight excluding hydrogens is 200 g/mol. The van der Waals surface area contributed by atoms with Crippen LogP contribution in [0.15, 0.2) is 0 Å². The molecule has 1 unspecified atom stereocenters. The van der Waals surface area contributed by atoms with Gasteiger partial charge in [0.25, 0.3) is 0 Å². The highest BCUT2D eigenvalue weighted by atomic mass is 16.2. The van der Waals surface area contributed by atoms with E-state index in [-0.39, 0.29) is 5.91 Å². The third-order valence-corrected chi connectivity index (χ3v) is 3.29. The highest BCUT2D eigenvalue weighted by Gasteiger charge is 2.17. The molecule has 0 saturated heterocycles. The molecule has 0 aliphatic rings. The normalized spacial score (nSPS) is 12.9. The van der Waals surface area contributed by atoms with Crippen molar-refractivity contribution in [3.05, 3.63) is 0 Å². The van der Waals surface area contributed by atoms with Crippen molar-refractivity contribution in [1.29, 1.82) is 0 Å². The SMILES string of the molecule is CCC(CC)CN(CC)C(=O)CC(C)CN. The van der Waals surface area contributed by atoms with Crippen LogP contribution in [-0.4, -0.2) is 30.4 Å². The third-order valence-electron chi connectivity index (χ3n) is 3.29. The molecule has 2 N–H and O–H groups in total. The lowest BCUT2D eigenvalue weighted by Crippen LogP contribution is -2.36. The monoisotopic (exact) mass is 228 g/mol. The average molecular weight is 228 g/mol. The van der Waals surface area contributed by atoms with Gasteiger partial charge in [0, 0.05) is 19.5 Å². The van der Waals surface area contributed by atoms with E-state index < -0.39 is 0 Å². The number of hydrogen-bond acceptors (Lipinski definition) is 2. The van der Waals surface area contributed by atoms with Crippen LogP contribution in [0.5, 0.6) is 0 Å². The van der Waals surface area contributed by atoms with Crippen molar-refractivity contribution in [2.75, 3.05) is 19.6 Å². The zero-order valence-electron chi connectivity index (χ0n) is 11.3. The van der Waals surface area contributed by atoms with Crippen molar-refractivity contribution >= 4 is 5.91 Å². The molecule has 16 heavy (non-hydrogen) atoms. The van der Waals surface area contributed by atoms with Gasteiger partial charge in [-0.15, -0.1) is 0 Å². The number of hydrogen-bond donors (Lipinski definition) is 1. The second-order valence-corrected chi connectivity index (χ2v) is 4.66. The number of carbonyl (C=O) groups excluding carboxylic acids is 1. The minimum Gasteiger partial charge on any atom is -0.343 e. The second kappa shape index (κ2) is 8.57. The molecule has 96 valence electrons. The lowest BCUT2D eigenvalue weighted by atomic mass is 10.0. The molecule has 3 heteroatoms. The number of rotatable bonds is 8. The van der Waals surface area contributed by atoms with Crippen LogP contribution < -0.4 is 5.73 Å². The summed E-state index contributed by atoms with van der Waals surface area (Å²) in [6.07, 6.45) is 2.88. The Bertz CT molecular complexity index is 190. The first-order chi connectivity index (χ1) is 7.58. The van der Waals surface area contributed by atoms with Crippen LogP contribution in [0.2, 0.25) is 0 Å². The van der Waals surface area contributed by atoms with Crippen molar-refractivity contribution in [3.63, 3.8) is 0 Å². The zero-order chi connectivity index (χ0) is 12.6. The Labute approximate surface area is 100 Å². The molecule has 0 rings (SSSR count). The van der Waals surface area contributed by atoms with Crippen molar-refractivity contribution in [1.82, 2.24) is 4.90 Å². The molecule has 0 radical (unpaired) electrons. The number of amides is 1. The van der Waals surface area contributed by atoms with Crippen molar-refractivity contribution in [2.45, 2.75) is 47.0 Å². The van der Waals surface area contributed by atoms with Crippen molar-refractivity contribution in [2.24, 2.45) is 17.6 Å².